The van der Waals surface area contributed by atoms with Gasteiger partial charge in [0.1, 0.15) is 18.3 Å². The average Bonchev–Trinajstić information content (AvgIpc) is 3.00. The second kappa shape index (κ2) is 10.5. The van der Waals surface area contributed by atoms with Gasteiger partial charge in [-0.15, -0.1) is 0 Å². The molecule has 17 heteroatoms. The lowest BCUT2D eigenvalue weighted by molar-refractivity contribution is -0.0548. The molecule has 1 saturated heterocycles. The predicted octanol–water partition coefficient (Wildman–Crippen LogP) is -0.248. The highest BCUT2D eigenvalue weighted by molar-refractivity contribution is 7.60. The molecule has 188 valence electrons. The third kappa shape index (κ3) is 6.51. The SMILES string of the molecule is O=c1ccn([C@@H]2O[C@H](COP(=O)(O)OP(=O)(O)O)[C@H](O)[C@@H]2O)c(=O)n1CCc1ccccc1Cl. The van der Waals surface area contributed by atoms with Crippen LogP contribution in [-0.2, 0) is 35.7 Å². The van der Waals surface area contributed by atoms with Crippen LogP contribution in [0.4, 0.5) is 0 Å². The van der Waals surface area contributed by atoms with E-state index in [2.05, 4.69) is 8.83 Å². The third-order valence-corrected chi connectivity index (χ3v) is 7.40. The molecule has 1 unspecified atom stereocenters. The van der Waals surface area contributed by atoms with Crippen LogP contribution in [0.25, 0.3) is 0 Å². The summed E-state index contributed by atoms with van der Waals surface area (Å²) in [5, 5.41) is 21.0. The molecule has 0 amide bonds. The number of aliphatic hydroxyl groups is 2. The number of hydrogen-bond donors (Lipinski definition) is 5. The van der Waals surface area contributed by atoms with Crippen molar-refractivity contribution in [2.45, 2.75) is 37.5 Å². The van der Waals surface area contributed by atoms with Crippen LogP contribution in [0, 0.1) is 0 Å². The number of rotatable bonds is 9. The van der Waals surface area contributed by atoms with Gasteiger partial charge in [0.25, 0.3) is 5.56 Å². The minimum absolute atomic E-state index is 0.0481. The zero-order chi connectivity index (χ0) is 25.3. The largest absolute Gasteiger partial charge is 0.481 e. The topological polar surface area (TPSA) is 207 Å². The summed E-state index contributed by atoms with van der Waals surface area (Å²) < 4.78 is 37.5. The summed E-state index contributed by atoms with van der Waals surface area (Å²) in [5.41, 5.74) is -0.798. The summed E-state index contributed by atoms with van der Waals surface area (Å²) in [6.07, 6.45) is -5.15. The highest BCUT2D eigenvalue weighted by Gasteiger charge is 2.46. The van der Waals surface area contributed by atoms with Gasteiger partial charge in [-0.3, -0.25) is 18.5 Å². The maximum atomic E-state index is 12.9. The van der Waals surface area contributed by atoms with E-state index in [0.717, 1.165) is 21.4 Å². The molecule has 34 heavy (non-hydrogen) atoms. The highest BCUT2D eigenvalue weighted by atomic mass is 35.5. The minimum atomic E-state index is -5.36. The first kappa shape index (κ1) is 26.9. The van der Waals surface area contributed by atoms with Crippen molar-refractivity contribution in [3.8, 4) is 0 Å². The molecule has 2 heterocycles. The lowest BCUT2D eigenvalue weighted by atomic mass is 10.1. The van der Waals surface area contributed by atoms with Gasteiger partial charge in [-0.05, 0) is 18.1 Å². The molecule has 5 N–H and O–H groups in total. The van der Waals surface area contributed by atoms with E-state index >= 15 is 0 Å². The van der Waals surface area contributed by atoms with Crippen LogP contribution in [0.15, 0.2) is 46.1 Å². The number of phosphoric ester groups is 1. The first-order valence-corrected chi connectivity index (χ1v) is 13.0. The predicted molar refractivity (Wildman–Crippen MR) is 115 cm³/mol. The first-order chi connectivity index (χ1) is 15.8. The van der Waals surface area contributed by atoms with Crippen LogP contribution in [0.3, 0.4) is 0 Å². The van der Waals surface area contributed by atoms with Crippen LogP contribution in [-0.4, -0.2) is 58.9 Å². The molecule has 0 aliphatic carbocycles. The monoisotopic (exact) mass is 542 g/mol. The first-order valence-electron chi connectivity index (χ1n) is 9.60. The van der Waals surface area contributed by atoms with Gasteiger partial charge in [0, 0.05) is 23.8 Å². The van der Waals surface area contributed by atoms with Crippen molar-refractivity contribution in [2.75, 3.05) is 6.61 Å². The second-order valence-corrected chi connectivity index (χ2v) is 10.5. The number of halogens is 1. The molecule has 1 aromatic carbocycles. The fourth-order valence-corrected chi connectivity index (χ4v) is 5.12. The van der Waals surface area contributed by atoms with Crippen molar-refractivity contribution in [1.82, 2.24) is 9.13 Å². The van der Waals surface area contributed by atoms with E-state index in [-0.39, 0.29) is 13.0 Å². The number of benzene rings is 1. The Bertz CT molecular complexity index is 1240. The lowest BCUT2D eigenvalue weighted by Gasteiger charge is -2.19. The van der Waals surface area contributed by atoms with Crippen molar-refractivity contribution in [1.29, 1.82) is 0 Å². The van der Waals surface area contributed by atoms with Crippen LogP contribution < -0.4 is 11.2 Å². The number of phosphoric acid groups is 2. The summed E-state index contributed by atoms with van der Waals surface area (Å²) in [7, 11) is -10.6. The summed E-state index contributed by atoms with van der Waals surface area (Å²) in [4.78, 5) is 51.8. The van der Waals surface area contributed by atoms with E-state index in [1.165, 1.54) is 0 Å². The Morgan fingerprint density at radius 3 is 2.38 bits per heavy atom. The van der Waals surface area contributed by atoms with E-state index in [9.17, 15) is 33.8 Å². The van der Waals surface area contributed by atoms with Crippen LogP contribution in [0.2, 0.25) is 5.02 Å². The summed E-state index contributed by atoms with van der Waals surface area (Å²) >= 11 is 6.10. The van der Waals surface area contributed by atoms with Crippen molar-refractivity contribution >= 4 is 27.2 Å². The second-order valence-electron chi connectivity index (χ2n) is 7.22. The van der Waals surface area contributed by atoms with E-state index in [1.807, 2.05) is 0 Å². The Labute approximate surface area is 196 Å². The van der Waals surface area contributed by atoms with E-state index in [0.29, 0.717) is 10.6 Å². The number of aromatic nitrogens is 2. The fraction of sp³-hybridized carbons (Fsp3) is 0.412. The molecule has 5 atom stereocenters. The normalized spacial score (nSPS) is 24.8. The van der Waals surface area contributed by atoms with Crippen LogP contribution in [0.5, 0.6) is 0 Å². The standard InChI is InChI=1S/C17H21ClN2O12P2/c18-11-4-2-1-3-10(11)5-7-19-13(21)6-8-20(17(19)24)16-15(23)14(22)12(31-16)9-30-34(28,29)32-33(25,26)27/h1-4,6,8,12,14-16,22-23H,5,7,9H2,(H,28,29)(H2,25,26,27)/t12-,14+,15+,16-/m1/s1. The van der Waals surface area contributed by atoms with Crippen LogP contribution in [0.1, 0.15) is 11.8 Å². The molecule has 14 nitrogen and oxygen atoms in total. The smallest absolute Gasteiger partial charge is 0.387 e. The molecule has 1 aromatic heterocycles. The van der Waals surface area contributed by atoms with E-state index < -0.39 is 58.0 Å². The van der Waals surface area contributed by atoms with Gasteiger partial charge in [0.05, 0.1) is 6.61 Å². The summed E-state index contributed by atoms with van der Waals surface area (Å²) in [5.74, 6) is 0. The van der Waals surface area contributed by atoms with Gasteiger partial charge in [-0.25, -0.2) is 13.9 Å². The van der Waals surface area contributed by atoms with Gasteiger partial charge >= 0.3 is 21.3 Å². The number of nitrogens with zero attached hydrogens (tertiary/aromatic N) is 2. The van der Waals surface area contributed by atoms with Crippen LogP contribution >= 0.6 is 27.2 Å². The molecular weight excluding hydrogens is 522 g/mol. The number of aryl methyl sites for hydroxylation is 1. The van der Waals surface area contributed by atoms with Gasteiger partial charge in [-0.1, -0.05) is 29.8 Å². The Morgan fingerprint density at radius 1 is 1.06 bits per heavy atom. The zero-order valence-corrected chi connectivity index (χ0v) is 19.7. The number of hydrogen-bond acceptors (Lipinski definition) is 9. The Morgan fingerprint density at radius 2 is 1.74 bits per heavy atom. The summed E-state index contributed by atoms with van der Waals surface area (Å²) in [6.45, 7) is -0.975. The quantitative estimate of drug-likeness (QED) is 0.260. The molecule has 0 bridgehead atoms. The van der Waals surface area contributed by atoms with Crippen molar-refractivity contribution < 1.29 is 47.6 Å². The molecule has 3 rings (SSSR count). The minimum Gasteiger partial charge on any atom is -0.387 e. The Balaban J connectivity index is 1.76. The van der Waals surface area contributed by atoms with Crippen molar-refractivity contribution in [3.05, 3.63) is 68.0 Å². The molecular formula is C17H21ClN2O12P2. The maximum Gasteiger partial charge on any atom is 0.481 e. The number of aliphatic hydroxyl groups excluding tert-OH is 2. The maximum absolute atomic E-state index is 12.9. The van der Waals surface area contributed by atoms with E-state index in [4.69, 9.17) is 26.1 Å². The Hall–Kier alpha value is -1.67. The molecule has 1 fully saturated rings. The number of ether oxygens (including phenoxy) is 1. The third-order valence-electron chi connectivity index (χ3n) is 4.88. The van der Waals surface area contributed by atoms with Gasteiger partial charge < -0.3 is 29.6 Å². The van der Waals surface area contributed by atoms with Crippen molar-refractivity contribution in [2.24, 2.45) is 0 Å². The van der Waals surface area contributed by atoms with Gasteiger partial charge in [-0.2, -0.15) is 4.31 Å². The van der Waals surface area contributed by atoms with Gasteiger partial charge in [0.15, 0.2) is 6.23 Å². The Kier molecular flexibility index (Phi) is 8.33. The fourth-order valence-electron chi connectivity index (χ4n) is 3.29. The summed E-state index contributed by atoms with van der Waals surface area (Å²) in [6, 6.07) is 7.92. The van der Waals surface area contributed by atoms with Gasteiger partial charge in [0.2, 0.25) is 0 Å². The molecule has 1 aliphatic heterocycles. The van der Waals surface area contributed by atoms with E-state index in [1.54, 1.807) is 24.3 Å². The molecule has 0 saturated carbocycles. The average molecular weight is 543 g/mol. The molecule has 1 aliphatic rings. The molecule has 0 spiro atoms. The molecule has 2 aromatic rings. The van der Waals surface area contributed by atoms with Crippen molar-refractivity contribution in [3.63, 3.8) is 0 Å². The lowest BCUT2D eigenvalue weighted by Crippen LogP contribution is -2.43. The highest BCUT2D eigenvalue weighted by Crippen LogP contribution is 2.57. The molecule has 0 radical (unpaired) electrons. The zero-order valence-electron chi connectivity index (χ0n) is 17.2.